The third kappa shape index (κ3) is 3.79. The zero-order valence-electron chi connectivity index (χ0n) is 10.4. The van der Waals surface area contributed by atoms with E-state index in [0.29, 0.717) is 10.6 Å². The lowest BCUT2D eigenvalue weighted by atomic mass is 10.1. The zero-order chi connectivity index (χ0) is 13.9. The number of hydrogen-bond acceptors (Lipinski definition) is 4. The van der Waals surface area contributed by atoms with Crippen molar-refractivity contribution < 1.29 is 13.5 Å². The summed E-state index contributed by atoms with van der Waals surface area (Å²) in [6, 6.07) is 9.84. The lowest BCUT2D eigenvalue weighted by Gasteiger charge is -2.13. The van der Waals surface area contributed by atoms with Gasteiger partial charge >= 0.3 is 0 Å². The van der Waals surface area contributed by atoms with Gasteiger partial charge in [-0.25, -0.2) is 13.1 Å². The number of sulfonamides is 1. The molecule has 6 heteroatoms. The van der Waals surface area contributed by atoms with Crippen LogP contribution in [0.4, 0.5) is 0 Å². The summed E-state index contributed by atoms with van der Waals surface area (Å²) in [5, 5.41) is 10.9. The second-order valence-electron chi connectivity index (χ2n) is 4.32. The molecule has 1 aromatic heterocycles. The summed E-state index contributed by atoms with van der Waals surface area (Å²) in [6.45, 7) is 1.82. The molecule has 0 aliphatic carbocycles. The molecule has 0 amide bonds. The maximum Gasteiger partial charge on any atom is 0.250 e. The Hall–Kier alpha value is -1.37. The summed E-state index contributed by atoms with van der Waals surface area (Å²) in [6.07, 6.45) is 0.574. The maximum absolute atomic E-state index is 12.0. The lowest BCUT2D eigenvalue weighted by Crippen LogP contribution is -2.33. The van der Waals surface area contributed by atoms with Crippen LogP contribution in [0.3, 0.4) is 0 Å². The molecule has 0 radical (unpaired) electrons. The zero-order valence-corrected chi connectivity index (χ0v) is 12.0. The molecule has 2 rings (SSSR count). The van der Waals surface area contributed by atoms with Crippen molar-refractivity contribution >= 4 is 21.4 Å². The van der Waals surface area contributed by atoms with Crippen LogP contribution < -0.4 is 4.72 Å². The van der Waals surface area contributed by atoms with Gasteiger partial charge in [0.15, 0.2) is 0 Å². The molecule has 1 aromatic carbocycles. The largest absolute Gasteiger partial charge is 0.508 e. The molecule has 0 spiro atoms. The minimum atomic E-state index is -3.43. The highest BCUT2D eigenvalue weighted by molar-refractivity contribution is 7.91. The molecule has 0 fully saturated rings. The quantitative estimate of drug-likeness (QED) is 0.890. The Labute approximate surface area is 116 Å². The average molecular weight is 297 g/mol. The highest BCUT2D eigenvalue weighted by Crippen LogP contribution is 2.17. The predicted molar refractivity (Wildman–Crippen MR) is 75.9 cm³/mol. The Morgan fingerprint density at radius 2 is 1.95 bits per heavy atom. The fourth-order valence-electron chi connectivity index (χ4n) is 1.77. The topological polar surface area (TPSA) is 66.4 Å². The van der Waals surface area contributed by atoms with E-state index in [9.17, 15) is 13.5 Å². The van der Waals surface area contributed by atoms with E-state index in [2.05, 4.69) is 4.72 Å². The Morgan fingerprint density at radius 3 is 2.53 bits per heavy atom. The summed E-state index contributed by atoms with van der Waals surface area (Å²) in [7, 11) is -3.43. The SMILES string of the molecule is C[C@@H](Cc1ccc(O)cc1)NS(=O)(=O)c1cccs1. The van der Waals surface area contributed by atoms with E-state index in [-0.39, 0.29) is 11.8 Å². The Morgan fingerprint density at radius 1 is 1.26 bits per heavy atom. The molecule has 0 saturated carbocycles. The first-order valence-corrected chi connectivity index (χ1v) is 8.17. The summed E-state index contributed by atoms with van der Waals surface area (Å²) in [5.74, 6) is 0.204. The third-order valence-corrected chi connectivity index (χ3v) is 5.58. The van der Waals surface area contributed by atoms with Crippen molar-refractivity contribution in [3.63, 3.8) is 0 Å². The smallest absolute Gasteiger partial charge is 0.250 e. The monoisotopic (exact) mass is 297 g/mol. The van der Waals surface area contributed by atoms with E-state index in [1.807, 2.05) is 6.92 Å². The Balaban J connectivity index is 2.02. The van der Waals surface area contributed by atoms with Gasteiger partial charge in [0.1, 0.15) is 9.96 Å². The van der Waals surface area contributed by atoms with Gasteiger partial charge in [-0.3, -0.25) is 0 Å². The van der Waals surface area contributed by atoms with Gasteiger partial charge in [-0.05, 0) is 42.5 Å². The average Bonchev–Trinajstić information content (AvgIpc) is 2.85. The van der Waals surface area contributed by atoms with Gasteiger partial charge in [-0.1, -0.05) is 18.2 Å². The first kappa shape index (κ1) is 14.0. The first-order chi connectivity index (χ1) is 8.97. The van der Waals surface area contributed by atoms with Crippen molar-refractivity contribution in [1.82, 2.24) is 4.72 Å². The summed E-state index contributed by atoms with van der Waals surface area (Å²) < 4.78 is 27.0. The van der Waals surface area contributed by atoms with Crippen LogP contribution >= 0.6 is 11.3 Å². The number of hydrogen-bond donors (Lipinski definition) is 2. The summed E-state index contributed by atoms with van der Waals surface area (Å²) >= 11 is 1.20. The van der Waals surface area contributed by atoms with Crippen LogP contribution in [0.1, 0.15) is 12.5 Å². The number of aromatic hydroxyl groups is 1. The van der Waals surface area contributed by atoms with Gasteiger partial charge in [-0.2, -0.15) is 0 Å². The van der Waals surface area contributed by atoms with Crippen molar-refractivity contribution in [2.24, 2.45) is 0 Å². The highest BCUT2D eigenvalue weighted by atomic mass is 32.2. The van der Waals surface area contributed by atoms with E-state index < -0.39 is 10.0 Å². The van der Waals surface area contributed by atoms with E-state index in [1.165, 1.54) is 11.3 Å². The lowest BCUT2D eigenvalue weighted by molar-refractivity contribution is 0.475. The molecule has 0 aliphatic heterocycles. The Kier molecular flexibility index (Phi) is 4.24. The molecule has 1 heterocycles. The molecule has 2 N–H and O–H groups in total. The molecule has 0 unspecified atom stereocenters. The Bertz CT molecular complexity index is 618. The predicted octanol–water partition coefficient (Wildman–Crippen LogP) is 2.36. The van der Waals surface area contributed by atoms with Crippen molar-refractivity contribution in [1.29, 1.82) is 0 Å². The van der Waals surface area contributed by atoms with Gasteiger partial charge in [0.2, 0.25) is 10.0 Å². The van der Waals surface area contributed by atoms with Crippen LogP contribution in [0.15, 0.2) is 46.0 Å². The molecule has 0 aliphatic rings. The summed E-state index contributed by atoms with van der Waals surface area (Å²) in [5.41, 5.74) is 0.971. The van der Waals surface area contributed by atoms with E-state index in [1.54, 1.807) is 41.8 Å². The van der Waals surface area contributed by atoms with Crippen LogP contribution in [0.5, 0.6) is 5.75 Å². The van der Waals surface area contributed by atoms with Crippen LogP contribution in [0.25, 0.3) is 0 Å². The first-order valence-electron chi connectivity index (χ1n) is 5.81. The van der Waals surface area contributed by atoms with Crippen LogP contribution in [0, 0.1) is 0 Å². The summed E-state index contributed by atoms with van der Waals surface area (Å²) in [4.78, 5) is 0. The van der Waals surface area contributed by atoms with Crippen LogP contribution in [0.2, 0.25) is 0 Å². The molecule has 0 bridgehead atoms. The number of thiophene rings is 1. The van der Waals surface area contributed by atoms with Crippen molar-refractivity contribution in [2.45, 2.75) is 23.6 Å². The van der Waals surface area contributed by atoms with Crippen molar-refractivity contribution in [3.8, 4) is 5.75 Å². The van der Waals surface area contributed by atoms with Gasteiger partial charge < -0.3 is 5.11 Å². The number of phenolic OH excluding ortho intramolecular Hbond substituents is 1. The fraction of sp³-hybridized carbons (Fsp3) is 0.231. The molecular formula is C13H15NO3S2. The van der Waals surface area contributed by atoms with Gasteiger partial charge in [0.25, 0.3) is 0 Å². The van der Waals surface area contributed by atoms with Crippen molar-refractivity contribution in [3.05, 3.63) is 47.3 Å². The molecule has 1 atom stereocenters. The molecular weight excluding hydrogens is 282 g/mol. The molecule has 0 saturated heterocycles. The van der Waals surface area contributed by atoms with Gasteiger partial charge in [0, 0.05) is 6.04 Å². The fourth-order valence-corrected chi connectivity index (χ4v) is 4.02. The second kappa shape index (κ2) is 5.73. The van der Waals surface area contributed by atoms with E-state index in [4.69, 9.17) is 0 Å². The highest BCUT2D eigenvalue weighted by Gasteiger charge is 2.18. The number of phenols is 1. The second-order valence-corrected chi connectivity index (χ2v) is 7.21. The van der Waals surface area contributed by atoms with Gasteiger partial charge in [0.05, 0.1) is 0 Å². The number of benzene rings is 1. The van der Waals surface area contributed by atoms with Crippen LogP contribution in [-0.2, 0) is 16.4 Å². The van der Waals surface area contributed by atoms with Gasteiger partial charge in [-0.15, -0.1) is 11.3 Å². The molecule has 102 valence electrons. The standard InChI is InChI=1S/C13H15NO3S2/c1-10(9-11-4-6-12(15)7-5-11)14-19(16,17)13-3-2-8-18-13/h2-8,10,14-15H,9H2,1H3/t10-/m0/s1. The normalized spacial score (nSPS) is 13.3. The van der Waals surface area contributed by atoms with E-state index >= 15 is 0 Å². The number of rotatable bonds is 5. The van der Waals surface area contributed by atoms with E-state index in [0.717, 1.165) is 5.56 Å². The minimum Gasteiger partial charge on any atom is -0.508 e. The van der Waals surface area contributed by atoms with Crippen LogP contribution in [-0.4, -0.2) is 19.6 Å². The maximum atomic E-state index is 12.0. The molecule has 2 aromatic rings. The molecule has 4 nitrogen and oxygen atoms in total. The number of nitrogens with one attached hydrogen (secondary N) is 1. The van der Waals surface area contributed by atoms with Crippen molar-refractivity contribution in [2.75, 3.05) is 0 Å². The molecule has 19 heavy (non-hydrogen) atoms. The third-order valence-electron chi connectivity index (χ3n) is 2.59. The minimum absolute atomic E-state index is 0.204.